The van der Waals surface area contributed by atoms with Crippen LogP contribution in [0.15, 0.2) is 12.1 Å². The summed E-state index contributed by atoms with van der Waals surface area (Å²) in [6.07, 6.45) is 0.585. The number of nitrogens with one attached hydrogen (secondary N) is 1. The minimum absolute atomic E-state index is 0.0410. The second-order valence-corrected chi connectivity index (χ2v) is 5.23. The Labute approximate surface area is 113 Å². The van der Waals surface area contributed by atoms with Gasteiger partial charge >= 0.3 is 0 Å². The van der Waals surface area contributed by atoms with E-state index in [0.29, 0.717) is 17.8 Å². The molecule has 4 N–H and O–H groups in total. The summed E-state index contributed by atoms with van der Waals surface area (Å²) in [6, 6.07) is 2.77. The third kappa shape index (κ3) is 3.99. The normalized spacial score (nSPS) is 14.3. The molecule has 0 aromatic heterocycles. The molecule has 4 nitrogen and oxygen atoms in total. The van der Waals surface area contributed by atoms with Crippen molar-refractivity contribution in [1.29, 1.82) is 0 Å². The van der Waals surface area contributed by atoms with Crippen LogP contribution >= 0.6 is 0 Å². The van der Waals surface area contributed by atoms with Crippen molar-refractivity contribution < 1.29 is 14.2 Å². The van der Waals surface area contributed by atoms with Crippen LogP contribution in [0, 0.1) is 5.82 Å². The van der Waals surface area contributed by atoms with Crippen molar-refractivity contribution in [3.8, 4) is 5.75 Å². The molecule has 19 heavy (non-hydrogen) atoms. The van der Waals surface area contributed by atoms with Crippen molar-refractivity contribution in [2.75, 3.05) is 17.7 Å². The summed E-state index contributed by atoms with van der Waals surface area (Å²) in [5, 5.41) is 12.5. The molecule has 0 heterocycles. The molecule has 1 rings (SSSR count). The van der Waals surface area contributed by atoms with Gasteiger partial charge in [0.1, 0.15) is 0 Å². The van der Waals surface area contributed by atoms with E-state index >= 15 is 0 Å². The van der Waals surface area contributed by atoms with E-state index in [1.54, 1.807) is 0 Å². The van der Waals surface area contributed by atoms with Crippen molar-refractivity contribution in [2.24, 2.45) is 0 Å². The number of hydrogen-bond donors (Lipinski definition) is 3. The zero-order valence-corrected chi connectivity index (χ0v) is 12.0. The maximum absolute atomic E-state index is 13.7. The van der Waals surface area contributed by atoms with Crippen molar-refractivity contribution in [1.82, 2.24) is 0 Å². The highest BCUT2D eigenvalue weighted by Crippen LogP contribution is 2.31. The molecule has 0 aliphatic rings. The van der Waals surface area contributed by atoms with E-state index in [0.717, 1.165) is 0 Å². The zero-order valence-electron chi connectivity index (χ0n) is 12.0. The number of aliphatic hydroxyl groups excluding tert-OH is 1. The summed E-state index contributed by atoms with van der Waals surface area (Å²) in [7, 11) is 0. The smallest absolute Gasteiger partial charge is 0.167 e. The van der Waals surface area contributed by atoms with Gasteiger partial charge in [-0.25, -0.2) is 4.39 Å². The Morgan fingerprint density at radius 2 is 2.11 bits per heavy atom. The van der Waals surface area contributed by atoms with Crippen LogP contribution in [0.2, 0.25) is 0 Å². The Balaban J connectivity index is 3.07. The molecule has 0 aliphatic heterocycles. The highest BCUT2D eigenvalue weighted by atomic mass is 19.1. The van der Waals surface area contributed by atoms with Gasteiger partial charge in [-0.1, -0.05) is 6.92 Å². The van der Waals surface area contributed by atoms with Crippen LogP contribution < -0.4 is 15.8 Å². The standard InChI is InChI=1S/C14H23FN2O2/c1-5-14(4,8-18)17-12-7-13(19-9(2)3)10(15)6-11(12)16/h6-7,9,17-18H,5,8,16H2,1-4H3. The second-order valence-electron chi connectivity index (χ2n) is 5.23. The lowest BCUT2D eigenvalue weighted by Crippen LogP contribution is -2.38. The summed E-state index contributed by atoms with van der Waals surface area (Å²) in [5.74, 6) is -0.331. The molecule has 1 aromatic rings. The molecule has 1 aromatic carbocycles. The fourth-order valence-corrected chi connectivity index (χ4v) is 1.59. The van der Waals surface area contributed by atoms with Crippen LogP contribution in [0.5, 0.6) is 5.75 Å². The van der Waals surface area contributed by atoms with E-state index in [1.807, 2.05) is 27.7 Å². The van der Waals surface area contributed by atoms with Gasteiger partial charge < -0.3 is 20.9 Å². The van der Waals surface area contributed by atoms with Crippen LogP contribution in [-0.2, 0) is 0 Å². The van der Waals surface area contributed by atoms with Crippen molar-refractivity contribution in [3.63, 3.8) is 0 Å². The van der Waals surface area contributed by atoms with Gasteiger partial charge in [-0.15, -0.1) is 0 Å². The van der Waals surface area contributed by atoms with Gasteiger partial charge in [0, 0.05) is 12.1 Å². The number of ether oxygens (including phenoxy) is 1. The monoisotopic (exact) mass is 270 g/mol. The van der Waals surface area contributed by atoms with Crippen LogP contribution in [-0.4, -0.2) is 23.4 Å². The molecule has 0 spiro atoms. The third-order valence-corrected chi connectivity index (χ3v) is 3.03. The molecule has 0 saturated carbocycles. The van der Waals surface area contributed by atoms with Gasteiger partial charge in [-0.3, -0.25) is 0 Å². The number of anilines is 2. The van der Waals surface area contributed by atoms with E-state index in [1.165, 1.54) is 12.1 Å². The summed E-state index contributed by atoms with van der Waals surface area (Å²) in [4.78, 5) is 0. The molecule has 0 bridgehead atoms. The van der Waals surface area contributed by atoms with Gasteiger partial charge in [0.25, 0.3) is 0 Å². The minimum atomic E-state index is -0.499. The number of nitrogen functional groups attached to an aromatic ring is 1. The van der Waals surface area contributed by atoms with Crippen molar-refractivity contribution in [2.45, 2.75) is 45.8 Å². The Kier molecular flexibility index (Phi) is 5.00. The van der Waals surface area contributed by atoms with Crippen LogP contribution in [0.4, 0.5) is 15.8 Å². The first-order chi connectivity index (χ1) is 8.81. The molecule has 108 valence electrons. The van der Waals surface area contributed by atoms with Crippen molar-refractivity contribution in [3.05, 3.63) is 17.9 Å². The number of benzene rings is 1. The lowest BCUT2D eigenvalue weighted by atomic mass is 9.99. The van der Waals surface area contributed by atoms with Crippen molar-refractivity contribution >= 4 is 11.4 Å². The lowest BCUT2D eigenvalue weighted by Gasteiger charge is -2.29. The Bertz CT molecular complexity index is 432. The van der Waals surface area contributed by atoms with E-state index in [-0.39, 0.29) is 18.5 Å². The van der Waals surface area contributed by atoms with Gasteiger partial charge in [-0.05, 0) is 27.2 Å². The minimum Gasteiger partial charge on any atom is -0.488 e. The van der Waals surface area contributed by atoms with Crippen LogP contribution in [0.3, 0.4) is 0 Å². The molecular weight excluding hydrogens is 247 g/mol. The van der Waals surface area contributed by atoms with E-state index in [2.05, 4.69) is 5.32 Å². The first-order valence-electron chi connectivity index (χ1n) is 6.46. The Morgan fingerprint density at radius 1 is 1.47 bits per heavy atom. The number of halogens is 1. The zero-order chi connectivity index (χ0) is 14.6. The largest absolute Gasteiger partial charge is 0.488 e. The van der Waals surface area contributed by atoms with Gasteiger partial charge in [0.15, 0.2) is 11.6 Å². The topological polar surface area (TPSA) is 67.5 Å². The van der Waals surface area contributed by atoms with Crippen LogP contribution in [0.1, 0.15) is 34.1 Å². The molecule has 0 saturated heterocycles. The SMILES string of the molecule is CCC(C)(CO)Nc1cc(OC(C)C)c(F)cc1N. The van der Waals surface area contributed by atoms with Gasteiger partial charge in [0.05, 0.1) is 29.6 Å². The molecule has 0 radical (unpaired) electrons. The fourth-order valence-electron chi connectivity index (χ4n) is 1.59. The molecule has 0 aliphatic carbocycles. The van der Waals surface area contributed by atoms with Gasteiger partial charge in [-0.2, -0.15) is 0 Å². The molecular formula is C14H23FN2O2. The predicted octanol–water partition coefficient (Wildman–Crippen LogP) is 2.77. The van der Waals surface area contributed by atoms with E-state index in [4.69, 9.17) is 10.5 Å². The maximum Gasteiger partial charge on any atom is 0.167 e. The average Bonchev–Trinajstić information content (AvgIpc) is 2.34. The number of nitrogens with two attached hydrogens (primary N) is 1. The lowest BCUT2D eigenvalue weighted by molar-refractivity contribution is 0.218. The quantitative estimate of drug-likeness (QED) is 0.695. The molecule has 1 atom stereocenters. The highest BCUT2D eigenvalue weighted by molar-refractivity contribution is 5.69. The summed E-state index contributed by atoms with van der Waals surface area (Å²) in [6.45, 7) is 7.44. The Morgan fingerprint density at radius 3 is 2.58 bits per heavy atom. The first kappa shape index (κ1) is 15.6. The Hall–Kier alpha value is -1.49. The number of hydrogen-bond acceptors (Lipinski definition) is 4. The maximum atomic E-state index is 13.7. The molecule has 0 fully saturated rings. The molecule has 0 amide bonds. The second kappa shape index (κ2) is 6.10. The summed E-state index contributed by atoms with van der Waals surface area (Å²) in [5.41, 5.74) is 6.16. The molecule has 1 unspecified atom stereocenters. The highest BCUT2D eigenvalue weighted by Gasteiger charge is 2.22. The van der Waals surface area contributed by atoms with E-state index in [9.17, 15) is 9.50 Å². The number of rotatable bonds is 6. The van der Waals surface area contributed by atoms with E-state index < -0.39 is 11.4 Å². The average molecular weight is 270 g/mol. The van der Waals surface area contributed by atoms with Gasteiger partial charge in [0.2, 0.25) is 0 Å². The first-order valence-corrected chi connectivity index (χ1v) is 6.46. The number of aliphatic hydroxyl groups is 1. The fraction of sp³-hybridized carbons (Fsp3) is 0.571. The molecule has 5 heteroatoms. The summed E-state index contributed by atoms with van der Waals surface area (Å²) < 4.78 is 19.1. The predicted molar refractivity (Wildman–Crippen MR) is 76.0 cm³/mol. The van der Waals surface area contributed by atoms with Crippen LogP contribution in [0.25, 0.3) is 0 Å². The summed E-state index contributed by atoms with van der Waals surface area (Å²) >= 11 is 0. The third-order valence-electron chi connectivity index (χ3n) is 3.03.